The maximum atomic E-state index is 12.5. The number of carbonyl (C=O) groups is 2. The second-order valence-corrected chi connectivity index (χ2v) is 5.69. The highest BCUT2D eigenvalue weighted by Crippen LogP contribution is 2.31. The van der Waals surface area contributed by atoms with E-state index in [9.17, 15) is 14.7 Å². The van der Waals surface area contributed by atoms with Crippen LogP contribution >= 0.6 is 0 Å². The Balaban J connectivity index is 2.35. The summed E-state index contributed by atoms with van der Waals surface area (Å²) in [7, 11) is 2.64. The molecule has 0 bridgehead atoms. The molecule has 0 amide bonds. The van der Waals surface area contributed by atoms with Crippen LogP contribution in [0.5, 0.6) is 0 Å². The highest BCUT2D eigenvalue weighted by Gasteiger charge is 2.24. The standard InChI is InChI=1S/C20H19NO5/c1-25-19(23)13-6-5-7-14(12-13)21-17-9-4-3-8-15(17)16(10-11-22)18(21)20(24)26-2/h3-9,12,22H,10-11H2,1-2H3. The molecule has 0 unspecified atom stereocenters. The van der Waals surface area contributed by atoms with Gasteiger partial charge in [-0.1, -0.05) is 24.3 Å². The molecule has 2 aromatic carbocycles. The van der Waals surface area contributed by atoms with Gasteiger partial charge in [-0.15, -0.1) is 0 Å². The Morgan fingerprint density at radius 2 is 1.73 bits per heavy atom. The Kier molecular flexibility index (Phi) is 5.04. The molecule has 0 aliphatic rings. The number of rotatable bonds is 5. The van der Waals surface area contributed by atoms with E-state index in [1.54, 1.807) is 28.8 Å². The number of nitrogens with zero attached hydrogens (tertiary/aromatic N) is 1. The summed E-state index contributed by atoms with van der Waals surface area (Å²) >= 11 is 0. The summed E-state index contributed by atoms with van der Waals surface area (Å²) in [6, 6.07) is 14.4. The minimum Gasteiger partial charge on any atom is -0.465 e. The molecule has 0 fully saturated rings. The van der Waals surface area contributed by atoms with Crippen molar-refractivity contribution in [2.45, 2.75) is 6.42 Å². The summed E-state index contributed by atoms with van der Waals surface area (Å²) in [4.78, 5) is 24.4. The number of methoxy groups -OCH3 is 2. The number of aromatic nitrogens is 1. The first kappa shape index (κ1) is 17.7. The maximum Gasteiger partial charge on any atom is 0.355 e. The molecular formula is C20H19NO5. The van der Waals surface area contributed by atoms with Crippen LogP contribution in [0, 0.1) is 0 Å². The van der Waals surface area contributed by atoms with Gasteiger partial charge in [0.25, 0.3) is 0 Å². The number of ether oxygens (including phenoxy) is 2. The van der Waals surface area contributed by atoms with Gasteiger partial charge in [-0.2, -0.15) is 0 Å². The van der Waals surface area contributed by atoms with Crippen LogP contribution in [-0.4, -0.2) is 42.4 Å². The predicted octanol–water partition coefficient (Wildman–Crippen LogP) is 2.74. The number of hydrogen-bond acceptors (Lipinski definition) is 5. The lowest BCUT2D eigenvalue weighted by molar-refractivity contribution is 0.0586. The minimum absolute atomic E-state index is 0.0970. The molecule has 0 aliphatic heterocycles. The molecule has 0 saturated carbocycles. The van der Waals surface area contributed by atoms with Gasteiger partial charge in [0, 0.05) is 17.7 Å². The van der Waals surface area contributed by atoms with Crippen molar-refractivity contribution in [3.8, 4) is 5.69 Å². The first-order chi connectivity index (χ1) is 12.6. The SMILES string of the molecule is COC(=O)c1cccc(-n2c(C(=O)OC)c(CCO)c3ccccc32)c1. The molecule has 0 radical (unpaired) electrons. The van der Waals surface area contributed by atoms with E-state index >= 15 is 0 Å². The summed E-state index contributed by atoms with van der Waals surface area (Å²) < 4.78 is 11.5. The normalized spacial score (nSPS) is 10.7. The van der Waals surface area contributed by atoms with Crippen molar-refractivity contribution >= 4 is 22.8 Å². The van der Waals surface area contributed by atoms with Gasteiger partial charge in [-0.05, 0) is 36.2 Å². The van der Waals surface area contributed by atoms with Crippen molar-refractivity contribution < 1.29 is 24.2 Å². The molecule has 26 heavy (non-hydrogen) atoms. The van der Waals surface area contributed by atoms with Crippen LogP contribution in [0.15, 0.2) is 48.5 Å². The van der Waals surface area contributed by atoms with Crippen molar-refractivity contribution in [2.75, 3.05) is 20.8 Å². The zero-order chi connectivity index (χ0) is 18.7. The van der Waals surface area contributed by atoms with Gasteiger partial charge in [0.15, 0.2) is 0 Å². The van der Waals surface area contributed by atoms with Crippen LogP contribution < -0.4 is 0 Å². The topological polar surface area (TPSA) is 77.8 Å². The monoisotopic (exact) mass is 353 g/mol. The zero-order valence-electron chi connectivity index (χ0n) is 14.6. The van der Waals surface area contributed by atoms with E-state index in [2.05, 4.69) is 0 Å². The fraction of sp³-hybridized carbons (Fsp3) is 0.200. The summed E-state index contributed by atoms with van der Waals surface area (Å²) in [5.74, 6) is -0.966. The average molecular weight is 353 g/mol. The molecule has 134 valence electrons. The first-order valence-corrected chi connectivity index (χ1v) is 8.12. The van der Waals surface area contributed by atoms with Crippen LogP contribution in [0.2, 0.25) is 0 Å². The summed E-state index contributed by atoms with van der Waals surface area (Å²) in [6.45, 7) is -0.0970. The summed E-state index contributed by atoms with van der Waals surface area (Å²) in [5, 5.41) is 10.3. The first-order valence-electron chi connectivity index (χ1n) is 8.12. The Morgan fingerprint density at radius 3 is 2.42 bits per heavy atom. The molecule has 3 aromatic rings. The van der Waals surface area contributed by atoms with E-state index in [0.717, 1.165) is 10.9 Å². The van der Waals surface area contributed by atoms with Gasteiger partial charge in [0.2, 0.25) is 0 Å². The highest BCUT2D eigenvalue weighted by atomic mass is 16.5. The van der Waals surface area contributed by atoms with Crippen molar-refractivity contribution in [3.63, 3.8) is 0 Å². The third-order valence-corrected chi connectivity index (χ3v) is 4.25. The van der Waals surface area contributed by atoms with Crippen molar-refractivity contribution in [1.82, 2.24) is 4.57 Å². The Bertz CT molecular complexity index is 973. The Morgan fingerprint density at radius 1 is 1.00 bits per heavy atom. The van der Waals surface area contributed by atoms with Crippen molar-refractivity contribution in [1.29, 1.82) is 0 Å². The molecule has 0 spiro atoms. The Hall–Kier alpha value is -3.12. The highest BCUT2D eigenvalue weighted by molar-refractivity contribution is 6.00. The Labute approximate surface area is 150 Å². The van der Waals surface area contributed by atoms with Crippen LogP contribution in [0.1, 0.15) is 26.4 Å². The molecule has 1 N–H and O–H groups in total. The number of aliphatic hydroxyl groups is 1. The fourth-order valence-corrected chi connectivity index (χ4v) is 3.14. The van der Waals surface area contributed by atoms with E-state index in [-0.39, 0.29) is 6.61 Å². The average Bonchev–Trinajstić information content (AvgIpc) is 3.01. The van der Waals surface area contributed by atoms with E-state index < -0.39 is 11.9 Å². The lowest BCUT2D eigenvalue weighted by Crippen LogP contribution is -2.13. The molecule has 0 atom stereocenters. The van der Waals surface area contributed by atoms with E-state index in [0.29, 0.717) is 28.9 Å². The number of para-hydroxylation sites is 1. The van der Waals surface area contributed by atoms with E-state index in [4.69, 9.17) is 9.47 Å². The molecule has 6 nitrogen and oxygen atoms in total. The second-order valence-electron chi connectivity index (χ2n) is 5.69. The van der Waals surface area contributed by atoms with E-state index in [1.807, 2.05) is 24.3 Å². The number of fused-ring (bicyclic) bond motifs is 1. The van der Waals surface area contributed by atoms with Gasteiger partial charge in [-0.3, -0.25) is 0 Å². The third-order valence-electron chi connectivity index (χ3n) is 4.25. The molecule has 1 aromatic heterocycles. The molecular weight excluding hydrogens is 334 g/mol. The number of carbonyl (C=O) groups excluding carboxylic acids is 2. The van der Waals surface area contributed by atoms with Crippen molar-refractivity contribution in [2.24, 2.45) is 0 Å². The summed E-state index contributed by atoms with van der Waals surface area (Å²) in [6.07, 6.45) is 0.314. The van der Waals surface area contributed by atoms with Gasteiger partial charge < -0.3 is 19.1 Å². The van der Waals surface area contributed by atoms with Crippen LogP contribution in [0.25, 0.3) is 16.6 Å². The molecule has 1 heterocycles. The molecule has 0 aliphatic carbocycles. The lowest BCUT2D eigenvalue weighted by atomic mass is 10.1. The number of aliphatic hydroxyl groups excluding tert-OH is 1. The third kappa shape index (κ3) is 2.95. The quantitative estimate of drug-likeness (QED) is 0.714. The van der Waals surface area contributed by atoms with Crippen molar-refractivity contribution in [3.05, 3.63) is 65.4 Å². The lowest BCUT2D eigenvalue weighted by Gasteiger charge is -2.12. The van der Waals surface area contributed by atoms with Gasteiger partial charge in [-0.25, -0.2) is 9.59 Å². The van der Waals surface area contributed by atoms with Crippen LogP contribution in [-0.2, 0) is 15.9 Å². The molecule has 6 heteroatoms. The second kappa shape index (κ2) is 7.41. The van der Waals surface area contributed by atoms with Gasteiger partial charge >= 0.3 is 11.9 Å². The maximum absolute atomic E-state index is 12.5. The number of benzene rings is 2. The van der Waals surface area contributed by atoms with E-state index in [1.165, 1.54) is 14.2 Å². The smallest absolute Gasteiger partial charge is 0.355 e. The minimum atomic E-state index is -0.506. The van der Waals surface area contributed by atoms with Crippen LogP contribution in [0.4, 0.5) is 0 Å². The zero-order valence-corrected chi connectivity index (χ0v) is 14.6. The fourth-order valence-electron chi connectivity index (χ4n) is 3.14. The van der Waals surface area contributed by atoms with Crippen LogP contribution in [0.3, 0.4) is 0 Å². The molecule has 3 rings (SSSR count). The number of hydrogen-bond donors (Lipinski definition) is 1. The predicted molar refractivity (Wildman–Crippen MR) is 96.7 cm³/mol. The largest absolute Gasteiger partial charge is 0.465 e. The van der Waals surface area contributed by atoms with Gasteiger partial charge in [0.1, 0.15) is 5.69 Å². The molecule has 0 saturated heterocycles. The summed E-state index contributed by atoms with van der Waals surface area (Å²) in [5.41, 5.74) is 2.84. The number of esters is 2. The van der Waals surface area contributed by atoms with Gasteiger partial charge in [0.05, 0.1) is 25.3 Å².